The summed E-state index contributed by atoms with van der Waals surface area (Å²) in [6, 6.07) is 5.78. The Labute approximate surface area is 180 Å². The van der Waals surface area contributed by atoms with Crippen LogP contribution in [0.1, 0.15) is 43.9 Å². The minimum atomic E-state index is -0.293. The van der Waals surface area contributed by atoms with Gasteiger partial charge in [0, 0.05) is 18.5 Å². The molecule has 0 aliphatic rings. The standard InChI is InChI=1S/C21H29FN4O3S/c1-2-11-24-20(28)26-21-25-18(15-30-21)6-4-3-5-12-23-19(27)14-29-13-16-7-9-17(22)10-8-16/h7-10,15H,2-6,11-14H2,1H3,(H,23,27)(H2,24,25,26,28). The van der Waals surface area contributed by atoms with Crippen molar-refractivity contribution in [2.75, 3.05) is 25.0 Å². The number of nitrogens with one attached hydrogen (secondary N) is 3. The van der Waals surface area contributed by atoms with E-state index in [4.69, 9.17) is 4.74 Å². The van der Waals surface area contributed by atoms with Gasteiger partial charge < -0.3 is 15.4 Å². The molecule has 9 heteroatoms. The fourth-order valence-electron chi connectivity index (χ4n) is 2.59. The number of carbonyl (C=O) groups excluding carboxylic acids is 2. The molecule has 0 bridgehead atoms. The van der Waals surface area contributed by atoms with E-state index in [0.717, 1.165) is 43.4 Å². The second kappa shape index (κ2) is 13.7. The highest BCUT2D eigenvalue weighted by molar-refractivity contribution is 7.13. The van der Waals surface area contributed by atoms with Gasteiger partial charge in [-0.05, 0) is 43.4 Å². The number of aryl methyl sites for hydroxylation is 1. The van der Waals surface area contributed by atoms with E-state index in [1.54, 1.807) is 12.1 Å². The summed E-state index contributed by atoms with van der Waals surface area (Å²) in [6.07, 6.45) is 4.53. The normalized spacial score (nSPS) is 10.6. The number of thiazole rings is 1. The van der Waals surface area contributed by atoms with Crippen molar-refractivity contribution in [1.82, 2.24) is 15.6 Å². The molecule has 1 aromatic heterocycles. The highest BCUT2D eigenvalue weighted by atomic mass is 32.1. The van der Waals surface area contributed by atoms with Gasteiger partial charge in [0.2, 0.25) is 5.91 Å². The summed E-state index contributed by atoms with van der Waals surface area (Å²) in [5.74, 6) is -0.452. The Morgan fingerprint density at radius 3 is 2.67 bits per heavy atom. The van der Waals surface area contributed by atoms with E-state index in [-0.39, 0.29) is 31.0 Å². The Balaban J connectivity index is 1.49. The van der Waals surface area contributed by atoms with Gasteiger partial charge in [0.25, 0.3) is 0 Å². The van der Waals surface area contributed by atoms with Crippen LogP contribution in [0.25, 0.3) is 0 Å². The Hall–Kier alpha value is -2.52. The Bertz CT molecular complexity index is 783. The van der Waals surface area contributed by atoms with Crippen LogP contribution in [-0.2, 0) is 22.6 Å². The number of hydrogen-bond acceptors (Lipinski definition) is 5. The average Bonchev–Trinajstić information content (AvgIpc) is 3.17. The number of hydrogen-bond donors (Lipinski definition) is 3. The zero-order valence-electron chi connectivity index (χ0n) is 17.2. The van der Waals surface area contributed by atoms with Crippen LogP contribution in [0.3, 0.4) is 0 Å². The van der Waals surface area contributed by atoms with E-state index in [0.29, 0.717) is 18.2 Å². The highest BCUT2D eigenvalue weighted by Gasteiger charge is 2.06. The third-order valence-corrected chi connectivity index (χ3v) is 4.96. The number of halogens is 1. The number of nitrogens with zero attached hydrogens (tertiary/aromatic N) is 1. The first-order chi connectivity index (χ1) is 14.6. The summed E-state index contributed by atoms with van der Waals surface area (Å²) < 4.78 is 18.2. The molecule has 0 saturated carbocycles. The molecule has 164 valence electrons. The zero-order chi connectivity index (χ0) is 21.6. The second-order valence-corrected chi connectivity index (χ2v) is 7.66. The smallest absolute Gasteiger partial charge is 0.321 e. The molecular formula is C21H29FN4O3S. The molecule has 0 atom stereocenters. The van der Waals surface area contributed by atoms with Crippen LogP contribution in [0.5, 0.6) is 0 Å². The first-order valence-electron chi connectivity index (χ1n) is 10.1. The maximum absolute atomic E-state index is 12.8. The summed E-state index contributed by atoms with van der Waals surface area (Å²) >= 11 is 1.42. The van der Waals surface area contributed by atoms with Crippen molar-refractivity contribution in [2.45, 2.75) is 45.6 Å². The maximum atomic E-state index is 12.8. The fourth-order valence-corrected chi connectivity index (χ4v) is 3.33. The summed E-state index contributed by atoms with van der Waals surface area (Å²) in [5.41, 5.74) is 1.79. The lowest BCUT2D eigenvalue weighted by Crippen LogP contribution is -2.29. The van der Waals surface area contributed by atoms with Crippen molar-refractivity contribution in [3.05, 3.63) is 46.7 Å². The topological polar surface area (TPSA) is 92.4 Å². The van der Waals surface area contributed by atoms with Gasteiger partial charge in [0.05, 0.1) is 12.3 Å². The third kappa shape index (κ3) is 9.80. The van der Waals surface area contributed by atoms with Crippen molar-refractivity contribution in [3.8, 4) is 0 Å². The van der Waals surface area contributed by atoms with Gasteiger partial charge in [0.15, 0.2) is 5.13 Å². The Morgan fingerprint density at radius 2 is 1.90 bits per heavy atom. The van der Waals surface area contributed by atoms with Gasteiger partial charge in [-0.3, -0.25) is 10.1 Å². The van der Waals surface area contributed by atoms with Crippen LogP contribution in [0.2, 0.25) is 0 Å². The van der Waals surface area contributed by atoms with E-state index in [2.05, 4.69) is 20.9 Å². The monoisotopic (exact) mass is 436 g/mol. The highest BCUT2D eigenvalue weighted by Crippen LogP contribution is 2.17. The van der Waals surface area contributed by atoms with E-state index < -0.39 is 0 Å². The van der Waals surface area contributed by atoms with Crippen LogP contribution < -0.4 is 16.0 Å². The van der Waals surface area contributed by atoms with Crippen LogP contribution in [0, 0.1) is 5.82 Å². The number of ether oxygens (including phenoxy) is 1. The number of aromatic nitrogens is 1. The van der Waals surface area contributed by atoms with Gasteiger partial charge in [0.1, 0.15) is 12.4 Å². The number of carbonyl (C=O) groups is 2. The van der Waals surface area contributed by atoms with Crippen LogP contribution >= 0.6 is 11.3 Å². The number of unbranched alkanes of at least 4 members (excludes halogenated alkanes) is 2. The lowest BCUT2D eigenvalue weighted by Gasteiger charge is -2.06. The van der Waals surface area contributed by atoms with Gasteiger partial charge in [-0.1, -0.05) is 25.5 Å². The second-order valence-electron chi connectivity index (χ2n) is 6.80. The van der Waals surface area contributed by atoms with Crippen molar-refractivity contribution in [2.24, 2.45) is 0 Å². The van der Waals surface area contributed by atoms with E-state index in [9.17, 15) is 14.0 Å². The molecule has 3 N–H and O–H groups in total. The quantitative estimate of drug-likeness (QED) is 0.416. The molecule has 1 aromatic carbocycles. The molecule has 0 fully saturated rings. The van der Waals surface area contributed by atoms with Crippen molar-refractivity contribution < 1.29 is 18.7 Å². The minimum Gasteiger partial charge on any atom is -0.367 e. The van der Waals surface area contributed by atoms with Crippen LogP contribution in [0.4, 0.5) is 14.3 Å². The summed E-state index contributed by atoms with van der Waals surface area (Å²) in [5, 5.41) is 10.9. The Morgan fingerprint density at radius 1 is 1.10 bits per heavy atom. The van der Waals surface area contributed by atoms with Gasteiger partial charge >= 0.3 is 6.03 Å². The molecular weight excluding hydrogens is 407 g/mol. The summed E-state index contributed by atoms with van der Waals surface area (Å²) in [4.78, 5) is 27.8. The molecule has 0 saturated heterocycles. The molecule has 2 aromatic rings. The summed E-state index contributed by atoms with van der Waals surface area (Å²) in [6.45, 7) is 3.49. The van der Waals surface area contributed by atoms with Gasteiger partial charge in [-0.25, -0.2) is 14.2 Å². The van der Waals surface area contributed by atoms with Crippen molar-refractivity contribution in [1.29, 1.82) is 0 Å². The predicted molar refractivity (Wildman–Crippen MR) is 116 cm³/mol. The first-order valence-corrected chi connectivity index (χ1v) is 11.0. The number of urea groups is 1. The lowest BCUT2D eigenvalue weighted by atomic mass is 10.1. The largest absolute Gasteiger partial charge is 0.367 e. The SMILES string of the molecule is CCCNC(=O)Nc1nc(CCCCCNC(=O)COCc2ccc(F)cc2)cs1. The molecule has 2 rings (SSSR count). The van der Waals surface area contributed by atoms with E-state index in [1.165, 1.54) is 23.5 Å². The number of rotatable bonds is 13. The van der Waals surface area contributed by atoms with Crippen molar-refractivity contribution in [3.63, 3.8) is 0 Å². The predicted octanol–water partition coefficient (Wildman–Crippen LogP) is 3.86. The van der Waals surface area contributed by atoms with Crippen LogP contribution in [0.15, 0.2) is 29.6 Å². The average molecular weight is 437 g/mol. The molecule has 1 heterocycles. The maximum Gasteiger partial charge on any atom is 0.321 e. The first kappa shape index (κ1) is 23.8. The number of amides is 3. The van der Waals surface area contributed by atoms with Crippen molar-refractivity contribution >= 4 is 28.4 Å². The Kier molecular flexibility index (Phi) is 10.8. The zero-order valence-corrected chi connectivity index (χ0v) is 18.0. The third-order valence-electron chi connectivity index (χ3n) is 4.15. The molecule has 0 aliphatic carbocycles. The molecule has 0 unspecified atom stereocenters. The summed E-state index contributed by atoms with van der Waals surface area (Å²) in [7, 11) is 0. The molecule has 3 amide bonds. The molecule has 0 radical (unpaired) electrons. The number of anilines is 1. The van der Waals surface area contributed by atoms with E-state index >= 15 is 0 Å². The van der Waals surface area contributed by atoms with Crippen LogP contribution in [-0.4, -0.2) is 36.6 Å². The lowest BCUT2D eigenvalue weighted by molar-refractivity contribution is -0.126. The molecule has 7 nitrogen and oxygen atoms in total. The molecule has 30 heavy (non-hydrogen) atoms. The van der Waals surface area contributed by atoms with E-state index in [1.807, 2.05) is 12.3 Å². The van der Waals surface area contributed by atoms with Gasteiger partial charge in [-0.15, -0.1) is 11.3 Å². The molecule has 0 aliphatic heterocycles. The fraction of sp³-hybridized carbons (Fsp3) is 0.476. The molecule has 0 spiro atoms. The number of benzene rings is 1. The minimum absolute atomic E-state index is 0.0161. The van der Waals surface area contributed by atoms with Gasteiger partial charge in [-0.2, -0.15) is 0 Å².